The summed E-state index contributed by atoms with van der Waals surface area (Å²) in [5, 5.41) is 5.45. The highest BCUT2D eigenvalue weighted by atomic mass is 32.1. The summed E-state index contributed by atoms with van der Waals surface area (Å²) in [6.07, 6.45) is 0. The van der Waals surface area contributed by atoms with Gasteiger partial charge in [-0.3, -0.25) is 4.79 Å². The summed E-state index contributed by atoms with van der Waals surface area (Å²) >= 11 is 4.26. The number of amides is 3. The van der Waals surface area contributed by atoms with Gasteiger partial charge in [0.25, 0.3) is 5.91 Å². The maximum Gasteiger partial charge on any atom is 0.332 e. The van der Waals surface area contributed by atoms with Gasteiger partial charge >= 0.3 is 6.03 Å². The lowest BCUT2D eigenvalue weighted by Crippen LogP contribution is -2.35. The fourth-order valence-corrected chi connectivity index (χ4v) is 3.14. The molecule has 3 aromatic rings. The first-order valence-electron chi connectivity index (χ1n) is 9.47. The quantitative estimate of drug-likeness (QED) is 0.448. The third-order valence-electron chi connectivity index (χ3n) is 4.72. The monoisotopic (exact) mass is 441 g/mol. The van der Waals surface area contributed by atoms with Gasteiger partial charge in [0.05, 0.1) is 17.3 Å². The van der Waals surface area contributed by atoms with Gasteiger partial charge in [-0.25, -0.2) is 17.9 Å². The molecule has 0 fully saturated rings. The van der Waals surface area contributed by atoms with Crippen LogP contribution < -0.4 is 14.9 Å². The number of halogens is 2. The zero-order chi connectivity index (χ0) is 22.5. The Morgan fingerprint density at radius 1 is 1.00 bits per heavy atom. The number of nitrogens with one attached hydrogen (secondary N) is 2. The number of anilines is 2. The van der Waals surface area contributed by atoms with Gasteiger partial charge in [0.1, 0.15) is 11.6 Å². The molecule has 0 bridgehead atoms. The number of carbonyl (C=O) groups excluding carboxylic acids is 2. The number of thiol groups is 1. The van der Waals surface area contributed by atoms with Crippen LogP contribution in [0.3, 0.4) is 0 Å². The van der Waals surface area contributed by atoms with E-state index in [0.29, 0.717) is 16.9 Å². The minimum atomic E-state index is -0.609. The first kappa shape index (κ1) is 22.3. The van der Waals surface area contributed by atoms with E-state index >= 15 is 0 Å². The number of rotatable bonds is 5. The number of aryl methyl sites for hydroxylation is 1. The minimum Gasteiger partial charge on any atom is -0.330 e. The molecule has 1 unspecified atom stereocenters. The number of hydrogen-bond acceptors (Lipinski definition) is 3. The molecule has 5 nitrogen and oxygen atoms in total. The zero-order valence-electron chi connectivity index (χ0n) is 16.9. The van der Waals surface area contributed by atoms with Crippen molar-refractivity contribution in [3.05, 3.63) is 95.1 Å². The van der Waals surface area contributed by atoms with Crippen molar-refractivity contribution in [3.63, 3.8) is 0 Å². The third kappa shape index (κ3) is 5.40. The Bertz CT molecular complexity index is 1110. The predicted molar refractivity (Wildman–Crippen MR) is 120 cm³/mol. The molecular formula is C23H21F2N3O2S. The molecule has 0 saturated heterocycles. The molecule has 3 rings (SSSR count). The highest BCUT2D eigenvalue weighted by Crippen LogP contribution is 2.25. The molecule has 0 radical (unpaired) electrons. The van der Waals surface area contributed by atoms with Crippen LogP contribution in [-0.4, -0.2) is 11.9 Å². The molecule has 0 aromatic heterocycles. The van der Waals surface area contributed by atoms with E-state index in [2.05, 4.69) is 23.4 Å². The number of nitrogens with zero attached hydrogens (tertiary/aromatic N) is 1. The van der Waals surface area contributed by atoms with Gasteiger partial charge < -0.3 is 10.6 Å². The predicted octanol–water partition coefficient (Wildman–Crippen LogP) is 5.65. The highest BCUT2D eigenvalue weighted by Gasteiger charge is 2.17. The molecule has 1 atom stereocenters. The zero-order valence-corrected chi connectivity index (χ0v) is 17.8. The molecule has 0 aliphatic heterocycles. The molecule has 3 amide bonds. The van der Waals surface area contributed by atoms with E-state index in [9.17, 15) is 18.4 Å². The van der Waals surface area contributed by atoms with E-state index in [-0.39, 0.29) is 17.4 Å². The summed E-state index contributed by atoms with van der Waals surface area (Å²) < 4.78 is 28.0. The Kier molecular flexibility index (Phi) is 6.91. The van der Waals surface area contributed by atoms with Crippen LogP contribution in [-0.2, 0) is 0 Å². The summed E-state index contributed by atoms with van der Waals surface area (Å²) in [7, 11) is 0. The van der Waals surface area contributed by atoms with Crippen molar-refractivity contribution < 1.29 is 18.4 Å². The molecular weight excluding hydrogens is 420 g/mol. The summed E-state index contributed by atoms with van der Waals surface area (Å²) in [6.45, 7) is 3.53. The van der Waals surface area contributed by atoms with E-state index < -0.39 is 17.8 Å². The molecule has 0 aliphatic carbocycles. The average molecular weight is 442 g/mol. The number of carbonyl (C=O) groups is 2. The maximum atomic E-state index is 13.8. The lowest BCUT2D eigenvalue weighted by atomic mass is 10.1. The Morgan fingerprint density at radius 2 is 1.68 bits per heavy atom. The van der Waals surface area contributed by atoms with E-state index in [1.54, 1.807) is 50.2 Å². The highest BCUT2D eigenvalue weighted by molar-refractivity contribution is 7.82. The van der Waals surface area contributed by atoms with Gasteiger partial charge in [0.15, 0.2) is 0 Å². The smallest absolute Gasteiger partial charge is 0.330 e. The van der Waals surface area contributed by atoms with Crippen LogP contribution in [0.5, 0.6) is 0 Å². The lowest BCUT2D eigenvalue weighted by Gasteiger charge is -2.21. The maximum absolute atomic E-state index is 13.8. The number of urea groups is 1. The first-order valence-corrected chi connectivity index (χ1v) is 9.87. The largest absolute Gasteiger partial charge is 0.332 e. The fourth-order valence-electron chi connectivity index (χ4n) is 2.95. The van der Waals surface area contributed by atoms with Crippen LogP contribution in [0.2, 0.25) is 0 Å². The van der Waals surface area contributed by atoms with Crippen LogP contribution >= 0.6 is 12.8 Å². The minimum absolute atomic E-state index is 0.0593. The van der Waals surface area contributed by atoms with Crippen LogP contribution in [0, 0.1) is 18.6 Å². The fraction of sp³-hybridized carbons (Fsp3) is 0.130. The van der Waals surface area contributed by atoms with E-state index in [1.165, 1.54) is 30.3 Å². The summed E-state index contributed by atoms with van der Waals surface area (Å²) in [5.41, 5.74) is 2.32. The van der Waals surface area contributed by atoms with Gasteiger partial charge in [-0.1, -0.05) is 37.1 Å². The summed E-state index contributed by atoms with van der Waals surface area (Å²) in [5.74, 6) is -1.53. The second-order valence-electron chi connectivity index (χ2n) is 6.97. The molecule has 0 spiro atoms. The van der Waals surface area contributed by atoms with Crippen molar-refractivity contribution in [2.24, 2.45) is 0 Å². The number of hydrogen-bond donors (Lipinski definition) is 3. The van der Waals surface area contributed by atoms with Crippen LogP contribution in [0.25, 0.3) is 0 Å². The van der Waals surface area contributed by atoms with Crippen molar-refractivity contribution in [1.29, 1.82) is 0 Å². The van der Waals surface area contributed by atoms with E-state index in [0.717, 1.165) is 9.87 Å². The third-order valence-corrected chi connectivity index (χ3v) is 5.14. The molecule has 0 heterocycles. The Morgan fingerprint density at radius 3 is 2.32 bits per heavy atom. The second-order valence-corrected chi connectivity index (χ2v) is 7.37. The van der Waals surface area contributed by atoms with Crippen LogP contribution in [0.4, 0.5) is 25.0 Å². The van der Waals surface area contributed by atoms with Gasteiger partial charge in [-0.05, 0) is 67.4 Å². The van der Waals surface area contributed by atoms with Gasteiger partial charge in [-0.2, -0.15) is 0 Å². The van der Waals surface area contributed by atoms with Crippen LogP contribution in [0.1, 0.15) is 34.5 Å². The molecule has 8 heteroatoms. The molecule has 31 heavy (non-hydrogen) atoms. The Hall–Kier alpha value is -3.39. The summed E-state index contributed by atoms with van der Waals surface area (Å²) in [4.78, 5) is 24.9. The molecule has 0 saturated carbocycles. The standard InChI is InChI=1S/C23H21F2N3O2S/c1-14-13-18(11-12-21(14)27-22(29)19-5-3-4-6-20(19)25)28(31)23(30)26-15(2)16-7-9-17(24)10-8-16/h3-13,15,31H,1-2H3,(H,26,30)(H,27,29). The van der Waals surface area contributed by atoms with E-state index in [1.807, 2.05) is 0 Å². The van der Waals surface area contributed by atoms with Crippen molar-refractivity contribution >= 4 is 36.1 Å². The van der Waals surface area contributed by atoms with Gasteiger partial charge in [0.2, 0.25) is 0 Å². The second kappa shape index (κ2) is 9.61. The SMILES string of the molecule is Cc1cc(N(S)C(=O)NC(C)c2ccc(F)cc2)ccc1NC(=O)c1ccccc1F. The van der Waals surface area contributed by atoms with Crippen LogP contribution in [0.15, 0.2) is 66.7 Å². The molecule has 3 aromatic carbocycles. The molecule has 0 aliphatic rings. The lowest BCUT2D eigenvalue weighted by molar-refractivity contribution is 0.102. The van der Waals surface area contributed by atoms with Crippen molar-refractivity contribution in [2.45, 2.75) is 19.9 Å². The number of benzene rings is 3. The molecule has 2 N–H and O–H groups in total. The van der Waals surface area contributed by atoms with Crippen molar-refractivity contribution in [3.8, 4) is 0 Å². The van der Waals surface area contributed by atoms with Gasteiger partial charge in [0, 0.05) is 5.69 Å². The topological polar surface area (TPSA) is 61.4 Å². The first-order chi connectivity index (χ1) is 14.8. The van der Waals surface area contributed by atoms with Crippen molar-refractivity contribution in [1.82, 2.24) is 5.32 Å². The van der Waals surface area contributed by atoms with E-state index in [4.69, 9.17) is 0 Å². The molecule has 160 valence electrons. The normalized spacial score (nSPS) is 11.5. The Labute approximate surface area is 184 Å². The van der Waals surface area contributed by atoms with Crippen molar-refractivity contribution in [2.75, 3.05) is 9.62 Å². The Balaban J connectivity index is 1.68. The average Bonchev–Trinajstić information content (AvgIpc) is 2.75. The van der Waals surface area contributed by atoms with Gasteiger partial charge in [-0.15, -0.1) is 0 Å². The summed E-state index contributed by atoms with van der Waals surface area (Å²) in [6, 6.07) is 15.6.